The quantitative estimate of drug-likeness (QED) is 0.778. The molecule has 0 saturated carbocycles. The lowest BCUT2D eigenvalue weighted by atomic mass is 9.84. The normalized spacial score (nSPS) is 24.0. The Morgan fingerprint density at radius 2 is 2.12 bits per heavy atom. The second-order valence-corrected chi connectivity index (χ2v) is 6.32. The zero-order valence-corrected chi connectivity index (χ0v) is 11.3. The van der Waals surface area contributed by atoms with Gasteiger partial charge in [-0.15, -0.1) is 0 Å². The Labute approximate surface area is 100 Å². The van der Waals surface area contributed by atoms with Crippen molar-refractivity contribution in [2.24, 2.45) is 17.1 Å². The van der Waals surface area contributed by atoms with E-state index in [4.69, 9.17) is 10.5 Å². The standard InChI is InChI=1S/C13H28N2O/c1-13(2,3)7-11(8-14)9-15(4)12-5-6-16-10-12/h11-12H,5-10,14H2,1-4H3. The topological polar surface area (TPSA) is 38.5 Å². The number of ether oxygens (including phenoxy) is 1. The minimum absolute atomic E-state index is 0.372. The average molecular weight is 228 g/mol. The molecule has 1 rings (SSSR count). The molecule has 16 heavy (non-hydrogen) atoms. The fourth-order valence-corrected chi connectivity index (χ4v) is 2.51. The first-order valence-electron chi connectivity index (χ1n) is 6.40. The lowest BCUT2D eigenvalue weighted by Crippen LogP contribution is -2.39. The van der Waals surface area contributed by atoms with Crippen LogP contribution in [-0.2, 0) is 4.74 Å². The van der Waals surface area contributed by atoms with Crippen molar-refractivity contribution in [1.82, 2.24) is 4.90 Å². The molecular weight excluding hydrogens is 200 g/mol. The second-order valence-electron chi connectivity index (χ2n) is 6.32. The van der Waals surface area contributed by atoms with Gasteiger partial charge in [0, 0.05) is 19.2 Å². The van der Waals surface area contributed by atoms with Gasteiger partial charge >= 0.3 is 0 Å². The zero-order chi connectivity index (χ0) is 12.2. The number of nitrogens with zero attached hydrogens (tertiary/aromatic N) is 1. The lowest BCUT2D eigenvalue weighted by molar-refractivity contribution is 0.140. The molecule has 96 valence electrons. The molecule has 0 aromatic heterocycles. The Kier molecular flexibility index (Phi) is 5.22. The summed E-state index contributed by atoms with van der Waals surface area (Å²) < 4.78 is 5.42. The summed E-state index contributed by atoms with van der Waals surface area (Å²) in [7, 11) is 2.20. The summed E-state index contributed by atoms with van der Waals surface area (Å²) in [5.41, 5.74) is 6.24. The highest BCUT2D eigenvalue weighted by molar-refractivity contribution is 4.78. The molecule has 0 amide bonds. The van der Waals surface area contributed by atoms with Gasteiger partial charge in [0.15, 0.2) is 0 Å². The Morgan fingerprint density at radius 3 is 2.56 bits per heavy atom. The van der Waals surface area contributed by atoms with Crippen LogP contribution < -0.4 is 5.73 Å². The van der Waals surface area contributed by atoms with E-state index in [0.29, 0.717) is 17.4 Å². The first-order valence-corrected chi connectivity index (χ1v) is 6.40. The highest BCUT2D eigenvalue weighted by Gasteiger charge is 2.24. The molecule has 0 aromatic rings. The molecule has 0 radical (unpaired) electrons. The molecule has 1 aliphatic rings. The van der Waals surface area contributed by atoms with Crippen molar-refractivity contribution in [1.29, 1.82) is 0 Å². The Balaban J connectivity index is 2.36. The van der Waals surface area contributed by atoms with Crippen molar-refractivity contribution in [3.05, 3.63) is 0 Å². The van der Waals surface area contributed by atoms with E-state index in [2.05, 4.69) is 32.7 Å². The van der Waals surface area contributed by atoms with Gasteiger partial charge < -0.3 is 15.4 Å². The van der Waals surface area contributed by atoms with Crippen LogP contribution in [0.1, 0.15) is 33.6 Å². The summed E-state index contributed by atoms with van der Waals surface area (Å²) in [5, 5.41) is 0. The van der Waals surface area contributed by atoms with Gasteiger partial charge in [0.1, 0.15) is 0 Å². The Hall–Kier alpha value is -0.120. The number of hydrogen-bond donors (Lipinski definition) is 1. The molecular formula is C13H28N2O. The van der Waals surface area contributed by atoms with Gasteiger partial charge in [0.25, 0.3) is 0 Å². The fourth-order valence-electron chi connectivity index (χ4n) is 2.51. The molecule has 1 fully saturated rings. The summed E-state index contributed by atoms with van der Waals surface area (Å²) in [6, 6.07) is 0.606. The maximum atomic E-state index is 5.87. The van der Waals surface area contributed by atoms with Crippen molar-refractivity contribution in [2.45, 2.75) is 39.7 Å². The number of nitrogens with two attached hydrogens (primary N) is 1. The van der Waals surface area contributed by atoms with Gasteiger partial charge in [-0.25, -0.2) is 0 Å². The molecule has 1 saturated heterocycles. The summed E-state index contributed by atoms with van der Waals surface area (Å²) in [4.78, 5) is 2.43. The molecule has 3 heteroatoms. The molecule has 2 atom stereocenters. The van der Waals surface area contributed by atoms with Crippen LogP contribution in [0.2, 0.25) is 0 Å². The third-order valence-corrected chi connectivity index (χ3v) is 3.31. The third-order valence-electron chi connectivity index (χ3n) is 3.31. The van der Waals surface area contributed by atoms with Crippen LogP contribution in [0.3, 0.4) is 0 Å². The van der Waals surface area contributed by atoms with Gasteiger partial charge in [-0.3, -0.25) is 0 Å². The van der Waals surface area contributed by atoms with E-state index < -0.39 is 0 Å². The molecule has 2 unspecified atom stereocenters. The maximum absolute atomic E-state index is 5.87. The van der Waals surface area contributed by atoms with Crippen LogP contribution in [0.15, 0.2) is 0 Å². The molecule has 1 heterocycles. The Morgan fingerprint density at radius 1 is 1.44 bits per heavy atom. The molecule has 0 spiro atoms. The van der Waals surface area contributed by atoms with Crippen LogP contribution in [0, 0.1) is 11.3 Å². The van der Waals surface area contributed by atoms with Gasteiger partial charge in [0.05, 0.1) is 6.61 Å². The lowest BCUT2D eigenvalue weighted by Gasteiger charge is -2.31. The summed E-state index contributed by atoms with van der Waals surface area (Å²) >= 11 is 0. The SMILES string of the molecule is CN(CC(CN)CC(C)(C)C)C1CCOC1. The highest BCUT2D eigenvalue weighted by atomic mass is 16.5. The van der Waals surface area contributed by atoms with Crippen molar-refractivity contribution < 1.29 is 4.74 Å². The van der Waals surface area contributed by atoms with Crippen LogP contribution in [0.25, 0.3) is 0 Å². The van der Waals surface area contributed by atoms with Gasteiger partial charge in [0.2, 0.25) is 0 Å². The number of hydrogen-bond acceptors (Lipinski definition) is 3. The van der Waals surface area contributed by atoms with E-state index in [9.17, 15) is 0 Å². The zero-order valence-electron chi connectivity index (χ0n) is 11.3. The number of rotatable bonds is 5. The van der Waals surface area contributed by atoms with E-state index in [1.807, 2.05) is 0 Å². The largest absolute Gasteiger partial charge is 0.380 e. The van der Waals surface area contributed by atoms with Crippen molar-refractivity contribution >= 4 is 0 Å². The monoisotopic (exact) mass is 228 g/mol. The first-order chi connectivity index (χ1) is 7.42. The molecule has 2 N–H and O–H groups in total. The molecule has 0 aromatic carbocycles. The third kappa shape index (κ3) is 4.81. The minimum Gasteiger partial charge on any atom is -0.380 e. The van der Waals surface area contributed by atoms with Crippen LogP contribution >= 0.6 is 0 Å². The van der Waals surface area contributed by atoms with E-state index >= 15 is 0 Å². The Bertz CT molecular complexity index is 195. The van der Waals surface area contributed by atoms with Gasteiger partial charge in [-0.1, -0.05) is 20.8 Å². The van der Waals surface area contributed by atoms with Crippen LogP contribution in [0.4, 0.5) is 0 Å². The summed E-state index contributed by atoms with van der Waals surface area (Å²) in [5.74, 6) is 0.602. The predicted molar refractivity (Wildman–Crippen MR) is 68.5 cm³/mol. The van der Waals surface area contributed by atoms with E-state index in [0.717, 1.165) is 26.3 Å². The summed E-state index contributed by atoms with van der Waals surface area (Å²) in [6.07, 6.45) is 2.37. The van der Waals surface area contributed by atoms with Crippen LogP contribution in [0.5, 0.6) is 0 Å². The smallest absolute Gasteiger partial charge is 0.0622 e. The maximum Gasteiger partial charge on any atom is 0.0622 e. The number of likely N-dealkylation sites (N-methyl/N-ethyl adjacent to an activating group) is 1. The minimum atomic E-state index is 0.372. The van der Waals surface area contributed by atoms with Crippen molar-refractivity contribution in [2.75, 3.05) is 33.4 Å². The molecule has 0 bridgehead atoms. The molecule has 3 nitrogen and oxygen atoms in total. The fraction of sp³-hybridized carbons (Fsp3) is 1.00. The van der Waals surface area contributed by atoms with Crippen molar-refractivity contribution in [3.63, 3.8) is 0 Å². The van der Waals surface area contributed by atoms with Crippen LogP contribution in [-0.4, -0.2) is 44.3 Å². The predicted octanol–water partition coefficient (Wildman–Crippen LogP) is 1.72. The average Bonchev–Trinajstić information content (AvgIpc) is 2.67. The molecule has 1 aliphatic heterocycles. The van der Waals surface area contributed by atoms with Gasteiger partial charge in [-0.05, 0) is 37.8 Å². The van der Waals surface area contributed by atoms with E-state index in [1.165, 1.54) is 12.8 Å². The van der Waals surface area contributed by atoms with Crippen molar-refractivity contribution in [3.8, 4) is 0 Å². The second kappa shape index (κ2) is 5.99. The highest BCUT2D eigenvalue weighted by Crippen LogP contribution is 2.25. The van der Waals surface area contributed by atoms with Gasteiger partial charge in [-0.2, -0.15) is 0 Å². The summed E-state index contributed by atoms with van der Waals surface area (Å²) in [6.45, 7) is 10.6. The molecule has 0 aliphatic carbocycles. The first kappa shape index (κ1) is 13.9. The van der Waals surface area contributed by atoms with E-state index in [-0.39, 0.29) is 0 Å². The van der Waals surface area contributed by atoms with E-state index in [1.54, 1.807) is 0 Å².